The van der Waals surface area contributed by atoms with Crippen LogP contribution in [0.25, 0.3) is 0 Å². The standard InChI is InChI=1S/C18H27N3/c1-4-19-18(16-9-6-5-7-10-16)12-8-11-17-13-14-21(20-17)15(2)3/h5-7,9-10,13-15,18-19H,4,8,11-12H2,1-3H3. The van der Waals surface area contributed by atoms with Crippen molar-refractivity contribution in [2.75, 3.05) is 6.54 Å². The van der Waals surface area contributed by atoms with Crippen LogP contribution in [0.5, 0.6) is 0 Å². The molecule has 1 N–H and O–H groups in total. The minimum absolute atomic E-state index is 0.442. The number of aryl methyl sites for hydroxylation is 1. The molecule has 0 radical (unpaired) electrons. The first-order chi connectivity index (χ1) is 10.2. The fourth-order valence-electron chi connectivity index (χ4n) is 2.60. The van der Waals surface area contributed by atoms with Crippen LogP contribution in [0.3, 0.4) is 0 Å². The van der Waals surface area contributed by atoms with E-state index in [0.29, 0.717) is 12.1 Å². The second-order valence-electron chi connectivity index (χ2n) is 5.79. The van der Waals surface area contributed by atoms with Gasteiger partial charge < -0.3 is 5.32 Å². The van der Waals surface area contributed by atoms with Gasteiger partial charge >= 0.3 is 0 Å². The lowest BCUT2D eigenvalue weighted by molar-refractivity contribution is 0.490. The Balaban J connectivity index is 1.87. The summed E-state index contributed by atoms with van der Waals surface area (Å²) in [7, 11) is 0. The summed E-state index contributed by atoms with van der Waals surface area (Å²) in [6.45, 7) is 7.49. The molecule has 3 heteroatoms. The molecule has 0 aliphatic carbocycles. The molecule has 1 aromatic carbocycles. The highest BCUT2D eigenvalue weighted by atomic mass is 15.3. The molecule has 114 valence electrons. The Hall–Kier alpha value is -1.61. The minimum atomic E-state index is 0.442. The Morgan fingerprint density at radius 1 is 1.14 bits per heavy atom. The molecule has 2 aromatic rings. The SMILES string of the molecule is CCNC(CCCc1ccn(C(C)C)n1)c1ccccc1. The zero-order chi connectivity index (χ0) is 15.1. The van der Waals surface area contributed by atoms with Gasteiger partial charge in [-0.15, -0.1) is 0 Å². The summed E-state index contributed by atoms with van der Waals surface area (Å²) in [4.78, 5) is 0. The number of aromatic nitrogens is 2. The second kappa shape index (κ2) is 7.99. The summed E-state index contributed by atoms with van der Waals surface area (Å²) in [5.74, 6) is 0. The van der Waals surface area contributed by atoms with Gasteiger partial charge in [0.05, 0.1) is 5.69 Å². The largest absolute Gasteiger partial charge is 0.310 e. The van der Waals surface area contributed by atoms with Crippen LogP contribution < -0.4 is 5.32 Å². The molecule has 21 heavy (non-hydrogen) atoms. The first-order valence-corrected chi connectivity index (χ1v) is 8.03. The van der Waals surface area contributed by atoms with Gasteiger partial charge in [-0.2, -0.15) is 5.10 Å². The topological polar surface area (TPSA) is 29.9 Å². The maximum atomic E-state index is 4.62. The third-order valence-electron chi connectivity index (χ3n) is 3.77. The molecule has 1 unspecified atom stereocenters. The van der Waals surface area contributed by atoms with Crippen LogP contribution in [0.4, 0.5) is 0 Å². The lowest BCUT2D eigenvalue weighted by Crippen LogP contribution is -2.21. The van der Waals surface area contributed by atoms with Crippen molar-refractivity contribution in [3.8, 4) is 0 Å². The van der Waals surface area contributed by atoms with Crippen molar-refractivity contribution in [1.82, 2.24) is 15.1 Å². The summed E-state index contributed by atoms with van der Waals surface area (Å²) >= 11 is 0. The number of hydrogen-bond acceptors (Lipinski definition) is 2. The molecule has 0 saturated carbocycles. The summed E-state index contributed by atoms with van der Waals surface area (Å²) in [5, 5.41) is 8.20. The van der Waals surface area contributed by atoms with E-state index in [0.717, 1.165) is 25.8 Å². The van der Waals surface area contributed by atoms with E-state index >= 15 is 0 Å². The Labute approximate surface area is 128 Å². The van der Waals surface area contributed by atoms with Gasteiger partial charge in [-0.1, -0.05) is 37.3 Å². The van der Waals surface area contributed by atoms with E-state index in [1.165, 1.54) is 11.3 Å². The third kappa shape index (κ3) is 4.71. The average molecular weight is 285 g/mol. The Morgan fingerprint density at radius 2 is 1.90 bits per heavy atom. The van der Waals surface area contributed by atoms with E-state index in [1.807, 2.05) is 4.68 Å². The van der Waals surface area contributed by atoms with Crippen molar-refractivity contribution in [1.29, 1.82) is 0 Å². The molecule has 3 nitrogen and oxygen atoms in total. The molecule has 0 spiro atoms. The lowest BCUT2D eigenvalue weighted by Gasteiger charge is -2.18. The Kier molecular flexibility index (Phi) is 6.00. The number of benzene rings is 1. The van der Waals surface area contributed by atoms with Crippen LogP contribution in [0, 0.1) is 0 Å². The number of nitrogens with zero attached hydrogens (tertiary/aromatic N) is 2. The zero-order valence-corrected chi connectivity index (χ0v) is 13.4. The molecular weight excluding hydrogens is 258 g/mol. The predicted molar refractivity (Wildman–Crippen MR) is 88.4 cm³/mol. The summed E-state index contributed by atoms with van der Waals surface area (Å²) < 4.78 is 2.04. The molecule has 0 saturated heterocycles. The van der Waals surface area contributed by atoms with Gasteiger partial charge in [0.2, 0.25) is 0 Å². The van der Waals surface area contributed by atoms with Gasteiger partial charge in [0, 0.05) is 18.3 Å². The Bertz CT molecular complexity index is 516. The van der Waals surface area contributed by atoms with Crippen molar-refractivity contribution in [2.45, 2.75) is 52.1 Å². The van der Waals surface area contributed by atoms with Crippen molar-refractivity contribution in [2.24, 2.45) is 0 Å². The molecule has 0 aliphatic heterocycles. The fraction of sp³-hybridized carbons (Fsp3) is 0.500. The number of rotatable bonds is 8. The van der Waals surface area contributed by atoms with E-state index in [9.17, 15) is 0 Å². The first kappa shape index (κ1) is 15.8. The fourth-order valence-corrected chi connectivity index (χ4v) is 2.60. The second-order valence-corrected chi connectivity index (χ2v) is 5.79. The molecule has 0 bridgehead atoms. The van der Waals surface area contributed by atoms with Crippen LogP contribution in [0.2, 0.25) is 0 Å². The average Bonchev–Trinajstić information content (AvgIpc) is 2.96. The van der Waals surface area contributed by atoms with Crippen molar-refractivity contribution >= 4 is 0 Å². The van der Waals surface area contributed by atoms with Gasteiger partial charge in [-0.05, 0) is 51.3 Å². The number of nitrogens with one attached hydrogen (secondary N) is 1. The van der Waals surface area contributed by atoms with E-state index < -0.39 is 0 Å². The molecule has 0 fully saturated rings. The van der Waals surface area contributed by atoms with E-state index in [1.54, 1.807) is 0 Å². The maximum absolute atomic E-state index is 4.62. The normalized spacial score (nSPS) is 12.8. The molecule has 1 heterocycles. The highest BCUT2D eigenvalue weighted by Crippen LogP contribution is 2.19. The smallest absolute Gasteiger partial charge is 0.0624 e. The third-order valence-corrected chi connectivity index (χ3v) is 3.77. The van der Waals surface area contributed by atoms with Gasteiger partial charge in [-0.3, -0.25) is 4.68 Å². The van der Waals surface area contributed by atoms with Gasteiger partial charge in [0.25, 0.3) is 0 Å². The minimum Gasteiger partial charge on any atom is -0.310 e. The monoisotopic (exact) mass is 285 g/mol. The summed E-state index contributed by atoms with van der Waals surface area (Å²) in [6.07, 6.45) is 5.43. The molecule has 0 amide bonds. The van der Waals surface area contributed by atoms with E-state index in [2.05, 4.69) is 73.8 Å². The van der Waals surface area contributed by atoms with Crippen LogP contribution in [0.1, 0.15) is 57.0 Å². The molecule has 0 aliphatic rings. The predicted octanol–water partition coefficient (Wildman–Crippen LogP) is 4.14. The van der Waals surface area contributed by atoms with E-state index in [-0.39, 0.29) is 0 Å². The van der Waals surface area contributed by atoms with Gasteiger partial charge in [0.15, 0.2) is 0 Å². The van der Waals surface area contributed by atoms with Crippen molar-refractivity contribution < 1.29 is 0 Å². The van der Waals surface area contributed by atoms with Gasteiger partial charge in [0.1, 0.15) is 0 Å². The van der Waals surface area contributed by atoms with Crippen LogP contribution in [-0.4, -0.2) is 16.3 Å². The summed E-state index contributed by atoms with van der Waals surface area (Å²) in [5.41, 5.74) is 2.58. The quantitative estimate of drug-likeness (QED) is 0.790. The molecular formula is C18H27N3. The lowest BCUT2D eigenvalue weighted by atomic mass is 10.0. The molecule has 2 rings (SSSR count). The van der Waals surface area contributed by atoms with Gasteiger partial charge in [-0.25, -0.2) is 0 Å². The van der Waals surface area contributed by atoms with E-state index in [4.69, 9.17) is 0 Å². The highest BCUT2D eigenvalue weighted by Gasteiger charge is 2.10. The highest BCUT2D eigenvalue weighted by molar-refractivity contribution is 5.18. The summed E-state index contributed by atoms with van der Waals surface area (Å²) in [6, 6.07) is 13.8. The number of hydrogen-bond donors (Lipinski definition) is 1. The van der Waals surface area contributed by atoms with Crippen LogP contribution in [-0.2, 0) is 6.42 Å². The molecule has 1 atom stereocenters. The van der Waals surface area contributed by atoms with Crippen molar-refractivity contribution in [3.63, 3.8) is 0 Å². The molecule has 1 aromatic heterocycles. The van der Waals surface area contributed by atoms with Crippen molar-refractivity contribution in [3.05, 3.63) is 53.9 Å². The van der Waals surface area contributed by atoms with Crippen LogP contribution in [0.15, 0.2) is 42.6 Å². The first-order valence-electron chi connectivity index (χ1n) is 8.03. The van der Waals surface area contributed by atoms with Crippen LogP contribution >= 0.6 is 0 Å². The maximum Gasteiger partial charge on any atom is 0.0624 e. The zero-order valence-electron chi connectivity index (χ0n) is 13.4. The Morgan fingerprint density at radius 3 is 2.52 bits per heavy atom.